The van der Waals surface area contributed by atoms with Gasteiger partial charge in [0.1, 0.15) is 0 Å². The molecule has 0 unspecified atom stereocenters. The van der Waals surface area contributed by atoms with Gasteiger partial charge in [-0.2, -0.15) is 0 Å². The van der Waals surface area contributed by atoms with Gasteiger partial charge in [-0.05, 0) is 38.1 Å². The van der Waals surface area contributed by atoms with E-state index in [0.29, 0.717) is 19.6 Å². The molecule has 0 aliphatic carbocycles. The van der Waals surface area contributed by atoms with Gasteiger partial charge in [-0.25, -0.2) is 0 Å². The predicted molar refractivity (Wildman–Crippen MR) is 98.9 cm³/mol. The minimum atomic E-state index is 0.0432. The van der Waals surface area contributed by atoms with Gasteiger partial charge in [0.25, 0.3) is 0 Å². The van der Waals surface area contributed by atoms with Gasteiger partial charge in [0.05, 0.1) is 13.1 Å². The van der Waals surface area contributed by atoms with Gasteiger partial charge in [0, 0.05) is 42.4 Å². The molecule has 7 heteroatoms. The van der Waals surface area contributed by atoms with Crippen LogP contribution in [0.25, 0.3) is 0 Å². The summed E-state index contributed by atoms with van der Waals surface area (Å²) >= 11 is 3.39. The molecule has 1 heterocycles. The van der Waals surface area contributed by atoms with Crippen molar-refractivity contribution >= 4 is 33.4 Å². The van der Waals surface area contributed by atoms with E-state index in [2.05, 4.69) is 31.5 Å². The van der Waals surface area contributed by atoms with Crippen LogP contribution in [0.1, 0.15) is 13.8 Å². The lowest BCUT2D eigenvalue weighted by Gasteiger charge is -2.34. The molecule has 6 nitrogen and oxygen atoms in total. The van der Waals surface area contributed by atoms with Crippen molar-refractivity contribution in [3.63, 3.8) is 0 Å². The monoisotopic (exact) mass is 396 g/mol. The van der Waals surface area contributed by atoms with E-state index in [-0.39, 0.29) is 24.4 Å². The van der Waals surface area contributed by atoms with Crippen LogP contribution in [-0.2, 0) is 9.59 Å². The Labute approximate surface area is 151 Å². The molecular formula is C17H25BrN4O2. The first kappa shape index (κ1) is 18.7. The molecule has 0 bridgehead atoms. The Balaban J connectivity index is 1.70. The SMILES string of the molecule is CC(C)NC(=O)CN1CCN(C(=O)CNc2ccc(Br)cc2)CC1. The molecule has 24 heavy (non-hydrogen) atoms. The van der Waals surface area contributed by atoms with Crippen molar-refractivity contribution in [2.45, 2.75) is 19.9 Å². The number of halogens is 1. The number of hydrogen-bond acceptors (Lipinski definition) is 4. The average Bonchev–Trinajstić information content (AvgIpc) is 2.54. The lowest BCUT2D eigenvalue weighted by atomic mass is 10.3. The molecular weight excluding hydrogens is 372 g/mol. The molecule has 0 saturated carbocycles. The van der Waals surface area contributed by atoms with Crippen LogP contribution >= 0.6 is 15.9 Å². The van der Waals surface area contributed by atoms with E-state index in [1.165, 1.54) is 0 Å². The fourth-order valence-corrected chi connectivity index (χ4v) is 2.85. The first-order valence-electron chi connectivity index (χ1n) is 8.23. The zero-order chi connectivity index (χ0) is 17.5. The fourth-order valence-electron chi connectivity index (χ4n) is 2.58. The van der Waals surface area contributed by atoms with Crippen molar-refractivity contribution in [3.8, 4) is 0 Å². The summed E-state index contributed by atoms with van der Waals surface area (Å²) in [5, 5.41) is 6.04. The summed E-state index contributed by atoms with van der Waals surface area (Å²) < 4.78 is 1.01. The third-order valence-corrected chi connectivity index (χ3v) is 4.36. The van der Waals surface area contributed by atoms with Gasteiger partial charge < -0.3 is 15.5 Å². The molecule has 0 spiro atoms. The van der Waals surface area contributed by atoms with E-state index in [0.717, 1.165) is 23.2 Å². The number of piperazine rings is 1. The maximum Gasteiger partial charge on any atom is 0.241 e. The van der Waals surface area contributed by atoms with Crippen LogP contribution in [0.2, 0.25) is 0 Å². The molecule has 2 rings (SSSR count). The van der Waals surface area contributed by atoms with E-state index in [1.54, 1.807) is 0 Å². The summed E-state index contributed by atoms with van der Waals surface area (Å²) in [5.74, 6) is 0.130. The maximum atomic E-state index is 12.3. The Morgan fingerprint density at radius 2 is 1.75 bits per heavy atom. The number of carbonyl (C=O) groups is 2. The van der Waals surface area contributed by atoms with Gasteiger partial charge in [-0.1, -0.05) is 15.9 Å². The Hall–Kier alpha value is -1.60. The Kier molecular flexibility index (Phi) is 7.05. The predicted octanol–water partition coefficient (Wildman–Crippen LogP) is 1.53. The number of hydrogen-bond donors (Lipinski definition) is 2. The molecule has 2 N–H and O–H groups in total. The molecule has 2 amide bonds. The first-order valence-corrected chi connectivity index (χ1v) is 9.02. The molecule has 0 atom stereocenters. The number of nitrogens with one attached hydrogen (secondary N) is 2. The normalized spacial score (nSPS) is 15.4. The van der Waals surface area contributed by atoms with Crippen molar-refractivity contribution in [2.24, 2.45) is 0 Å². The Morgan fingerprint density at radius 1 is 1.12 bits per heavy atom. The van der Waals surface area contributed by atoms with Gasteiger partial charge >= 0.3 is 0 Å². The Morgan fingerprint density at radius 3 is 2.33 bits per heavy atom. The quantitative estimate of drug-likeness (QED) is 0.764. The Bertz CT molecular complexity index is 554. The first-order chi connectivity index (χ1) is 11.4. The molecule has 1 aliphatic heterocycles. The molecule has 1 saturated heterocycles. The zero-order valence-electron chi connectivity index (χ0n) is 14.2. The highest BCUT2D eigenvalue weighted by atomic mass is 79.9. The van der Waals surface area contributed by atoms with Crippen molar-refractivity contribution in [1.82, 2.24) is 15.1 Å². The number of benzene rings is 1. The van der Waals surface area contributed by atoms with Crippen molar-refractivity contribution in [2.75, 3.05) is 44.6 Å². The molecule has 1 aliphatic rings. The third-order valence-electron chi connectivity index (χ3n) is 3.83. The van der Waals surface area contributed by atoms with Gasteiger partial charge in [-0.3, -0.25) is 14.5 Å². The van der Waals surface area contributed by atoms with Gasteiger partial charge in [0.15, 0.2) is 0 Å². The summed E-state index contributed by atoms with van der Waals surface area (Å²) in [7, 11) is 0. The van der Waals surface area contributed by atoms with E-state index in [1.807, 2.05) is 43.0 Å². The smallest absolute Gasteiger partial charge is 0.241 e. The molecule has 132 valence electrons. The summed E-state index contributed by atoms with van der Waals surface area (Å²) in [5.41, 5.74) is 0.926. The molecule has 1 aromatic rings. The van der Waals surface area contributed by atoms with Crippen LogP contribution in [0.3, 0.4) is 0 Å². The van der Waals surface area contributed by atoms with Crippen LogP contribution in [0.4, 0.5) is 5.69 Å². The summed E-state index contributed by atoms with van der Waals surface area (Å²) in [6.07, 6.45) is 0. The highest BCUT2D eigenvalue weighted by molar-refractivity contribution is 9.10. The maximum absolute atomic E-state index is 12.3. The largest absolute Gasteiger partial charge is 0.376 e. The lowest BCUT2D eigenvalue weighted by Crippen LogP contribution is -2.52. The second-order valence-corrected chi connectivity index (χ2v) is 7.16. The second kappa shape index (κ2) is 9.03. The standard InChI is InChI=1S/C17H25BrN4O2/c1-13(2)20-16(23)12-21-7-9-22(10-8-21)17(24)11-19-15-5-3-14(18)4-6-15/h3-6,13,19H,7-12H2,1-2H3,(H,20,23). The van der Waals surface area contributed by atoms with Crippen LogP contribution in [0, 0.1) is 0 Å². The molecule has 0 radical (unpaired) electrons. The van der Waals surface area contributed by atoms with Crippen LogP contribution in [-0.4, -0.2) is 66.9 Å². The number of anilines is 1. The van der Waals surface area contributed by atoms with Gasteiger partial charge in [0.2, 0.25) is 11.8 Å². The van der Waals surface area contributed by atoms with Crippen LogP contribution in [0.5, 0.6) is 0 Å². The fraction of sp³-hybridized carbons (Fsp3) is 0.529. The average molecular weight is 397 g/mol. The van der Waals surface area contributed by atoms with Crippen LogP contribution in [0.15, 0.2) is 28.7 Å². The number of rotatable bonds is 6. The summed E-state index contributed by atoms with van der Waals surface area (Å²) in [6, 6.07) is 7.90. The minimum absolute atomic E-state index is 0.0432. The number of carbonyl (C=O) groups excluding carboxylic acids is 2. The second-order valence-electron chi connectivity index (χ2n) is 6.24. The lowest BCUT2D eigenvalue weighted by molar-refractivity contribution is -0.131. The summed E-state index contributed by atoms with van der Waals surface area (Å²) in [4.78, 5) is 28.0. The van der Waals surface area contributed by atoms with Crippen molar-refractivity contribution < 1.29 is 9.59 Å². The number of amides is 2. The zero-order valence-corrected chi connectivity index (χ0v) is 15.8. The van der Waals surface area contributed by atoms with Gasteiger partial charge in [-0.15, -0.1) is 0 Å². The van der Waals surface area contributed by atoms with Crippen molar-refractivity contribution in [3.05, 3.63) is 28.7 Å². The minimum Gasteiger partial charge on any atom is -0.376 e. The van der Waals surface area contributed by atoms with E-state index < -0.39 is 0 Å². The highest BCUT2D eigenvalue weighted by Crippen LogP contribution is 2.14. The summed E-state index contributed by atoms with van der Waals surface area (Å²) in [6.45, 7) is 7.38. The van der Waals surface area contributed by atoms with Crippen molar-refractivity contribution in [1.29, 1.82) is 0 Å². The van der Waals surface area contributed by atoms with E-state index in [4.69, 9.17) is 0 Å². The topological polar surface area (TPSA) is 64.7 Å². The number of nitrogens with zero attached hydrogens (tertiary/aromatic N) is 2. The molecule has 1 aromatic carbocycles. The van der Waals surface area contributed by atoms with E-state index in [9.17, 15) is 9.59 Å². The molecule has 0 aromatic heterocycles. The third kappa shape index (κ3) is 6.13. The highest BCUT2D eigenvalue weighted by Gasteiger charge is 2.22. The molecule has 1 fully saturated rings. The van der Waals surface area contributed by atoms with Crippen LogP contribution < -0.4 is 10.6 Å². The van der Waals surface area contributed by atoms with E-state index >= 15 is 0 Å².